The van der Waals surface area contributed by atoms with Gasteiger partial charge in [0.1, 0.15) is 5.82 Å². The molecular formula is C14H19BrFN. The average Bonchev–Trinajstić information content (AvgIpc) is 2.31. The predicted molar refractivity (Wildman–Crippen MR) is 73.7 cm³/mol. The molecule has 0 bridgehead atoms. The van der Waals surface area contributed by atoms with Gasteiger partial charge in [0.15, 0.2) is 0 Å². The zero-order valence-electron chi connectivity index (χ0n) is 10.2. The zero-order valence-corrected chi connectivity index (χ0v) is 11.8. The number of para-hydroxylation sites is 1. The summed E-state index contributed by atoms with van der Waals surface area (Å²) in [6, 6.07) is 5.08. The molecule has 0 atom stereocenters. The van der Waals surface area contributed by atoms with Crippen LogP contribution in [-0.2, 0) is 0 Å². The normalized spacial score (nSPS) is 24.6. The smallest absolute Gasteiger partial charge is 0.147 e. The summed E-state index contributed by atoms with van der Waals surface area (Å²) < 4.78 is 14.4. The molecule has 1 N–H and O–H groups in total. The zero-order chi connectivity index (χ0) is 12.3. The van der Waals surface area contributed by atoms with Gasteiger partial charge in [0, 0.05) is 11.0 Å². The number of rotatable bonds is 3. The van der Waals surface area contributed by atoms with Crippen LogP contribution >= 0.6 is 15.9 Å². The van der Waals surface area contributed by atoms with E-state index in [0.717, 1.165) is 16.9 Å². The van der Waals surface area contributed by atoms with Gasteiger partial charge in [0.05, 0.1) is 5.69 Å². The Morgan fingerprint density at radius 2 is 2.00 bits per heavy atom. The molecule has 2 rings (SSSR count). The Bertz CT molecular complexity index is 352. The fourth-order valence-corrected chi connectivity index (χ4v) is 2.93. The molecule has 1 nitrogen and oxygen atoms in total. The second-order valence-corrected chi connectivity index (χ2v) is 5.96. The Kier molecular flexibility index (Phi) is 4.43. The first-order valence-corrected chi connectivity index (χ1v) is 7.14. The lowest BCUT2D eigenvalue weighted by molar-refractivity contribution is 0.300. The Balaban J connectivity index is 1.89. The summed E-state index contributed by atoms with van der Waals surface area (Å²) in [5.41, 5.74) is 0.603. The quantitative estimate of drug-likeness (QED) is 0.843. The third-order valence-corrected chi connectivity index (χ3v) is 4.33. The molecule has 94 valence electrons. The van der Waals surface area contributed by atoms with Gasteiger partial charge >= 0.3 is 0 Å². The Morgan fingerprint density at radius 3 is 2.65 bits per heavy atom. The summed E-state index contributed by atoms with van der Waals surface area (Å²) in [7, 11) is 0. The van der Waals surface area contributed by atoms with Crippen LogP contribution in [0.5, 0.6) is 0 Å². The van der Waals surface area contributed by atoms with Crippen molar-refractivity contribution in [1.82, 2.24) is 0 Å². The Hall–Kier alpha value is -0.570. The van der Waals surface area contributed by atoms with Crippen molar-refractivity contribution in [2.45, 2.75) is 32.6 Å². The van der Waals surface area contributed by atoms with E-state index in [9.17, 15) is 4.39 Å². The van der Waals surface area contributed by atoms with Gasteiger partial charge in [-0.05, 0) is 52.7 Å². The molecular weight excluding hydrogens is 281 g/mol. The van der Waals surface area contributed by atoms with E-state index in [4.69, 9.17) is 0 Å². The molecule has 0 radical (unpaired) electrons. The van der Waals surface area contributed by atoms with E-state index < -0.39 is 0 Å². The fourth-order valence-electron chi connectivity index (χ4n) is 2.45. The first kappa shape index (κ1) is 12.9. The van der Waals surface area contributed by atoms with Gasteiger partial charge in [-0.15, -0.1) is 0 Å². The third kappa shape index (κ3) is 3.44. The predicted octanol–water partition coefficient (Wildman–Crippen LogP) is 4.83. The monoisotopic (exact) mass is 299 g/mol. The summed E-state index contributed by atoms with van der Waals surface area (Å²) in [4.78, 5) is 0. The largest absolute Gasteiger partial charge is 0.381 e. The van der Waals surface area contributed by atoms with Gasteiger partial charge < -0.3 is 5.32 Å². The summed E-state index contributed by atoms with van der Waals surface area (Å²) in [5, 5.41) is 3.24. The van der Waals surface area contributed by atoms with Crippen molar-refractivity contribution < 1.29 is 4.39 Å². The maximum absolute atomic E-state index is 13.6. The first-order chi connectivity index (χ1) is 8.16. The van der Waals surface area contributed by atoms with Crippen LogP contribution in [0.15, 0.2) is 22.7 Å². The van der Waals surface area contributed by atoms with Crippen LogP contribution in [0.1, 0.15) is 32.6 Å². The highest BCUT2D eigenvalue weighted by Crippen LogP contribution is 2.30. The Labute approximate surface area is 111 Å². The van der Waals surface area contributed by atoms with Crippen LogP contribution in [0.2, 0.25) is 0 Å². The molecule has 17 heavy (non-hydrogen) atoms. The minimum atomic E-state index is -0.177. The third-order valence-electron chi connectivity index (χ3n) is 3.67. The minimum Gasteiger partial charge on any atom is -0.381 e. The molecule has 3 heteroatoms. The molecule has 0 spiro atoms. The maximum Gasteiger partial charge on any atom is 0.147 e. The van der Waals surface area contributed by atoms with E-state index in [-0.39, 0.29) is 5.82 Å². The molecule has 0 aromatic heterocycles. The SMILES string of the molecule is CC1CCC(CNc2c(F)cccc2Br)CC1. The van der Waals surface area contributed by atoms with Gasteiger partial charge in [0.25, 0.3) is 0 Å². The van der Waals surface area contributed by atoms with E-state index in [2.05, 4.69) is 28.2 Å². The average molecular weight is 300 g/mol. The van der Waals surface area contributed by atoms with E-state index >= 15 is 0 Å². The van der Waals surface area contributed by atoms with Crippen molar-refractivity contribution in [2.75, 3.05) is 11.9 Å². The molecule has 1 aliphatic rings. The van der Waals surface area contributed by atoms with Crippen LogP contribution in [-0.4, -0.2) is 6.54 Å². The van der Waals surface area contributed by atoms with Crippen molar-refractivity contribution in [1.29, 1.82) is 0 Å². The van der Waals surface area contributed by atoms with Gasteiger partial charge in [-0.2, -0.15) is 0 Å². The first-order valence-electron chi connectivity index (χ1n) is 6.34. The molecule has 1 saturated carbocycles. The number of hydrogen-bond donors (Lipinski definition) is 1. The molecule has 1 fully saturated rings. The van der Waals surface area contributed by atoms with E-state index in [1.807, 2.05) is 6.07 Å². The van der Waals surface area contributed by atoms with Crippen molar-refractivity contribution >= 4 is 21.6 Å². The topological polar surface area (TPSA) is 12.0 Å². The molecule has 1 aliphatic carbocycles. The standard InChI is InChI=1S/C14H19BrFN/c1-10-5-7-11(8-6-10)9-17-14-12(15)3-2-4-13(14)16/h2-4,10-11,17H,5-9H2,1H3. The van der Waals surface area contributed by atoms with Crippen LogP contribution < -0.4 is 5.32 Å². The lowest BCUT2D eigenvalue weighted by atomic mass is 9.83. The van der Waals surface area contributed by atoms with Crippen molar-refractivity contribution in [3.8, 4) is 0 Å². The van der Waals surface area contributed by atoms with Gasteiger partial charge in [-0.1, -0.05) is 25.8 Å². The van der Waals surface area contributed by atoms with Crippen LogP contribution in [0.25, 0.3) is 0 Å². The molecule has 0 saturated heterocycles. The second kappa shape index (κ2) is 5.85. The molecule has 0 unspecified atom stereocenters. The lowest BCUT2D eigenvalue weighted by Gasteiger charge is -2.26. The van der Waals surface area contributed by atoms with Crippen LogP contribution in [0.4, 0.5) is 10.1 Å². The van der Waals surface area contributed by atoms with Crippen molar-refractivity contribution in [3.05, 3.63) is 28.5 Å². The summed E-state index contributed by atoms with van der Waals surface area (Å²) >= 11 is 3.38. The molecule has 0 amide bonds. The van der Waals surface area contributed by atoms with Gasteiger partial charge in [-0.3, -0.25) is 0 Å². The van der Waals surface area contributed by atoms with Crippen LogP contribution in [0, 0.1) is 17.7 Å². The number of benzene rings is 1. The minimum absolute atomic E-state index is 0.177. The molecule has 1 aromatic carbocycles. The van der Waals surface area contributed by atoms with Crippen molar-refractivity contribution in [3.63, 3.8) is 0 Å². The van der Waals surface area contributed by atoms with E-state index in [0.29, 0.717) is 11.6 Å². The fraction of sp³-hybridized carbons (Fsp3) is 0.571. The summed E-state index contributed by atoms with van der Waals surface area (Å²) in [6.07, 6.45) is 5.15. The summed E-state index contributed by atoms with van der Waals surface area (Å²) in [5.74, 6) is 1.38. The highest BCUT2D eigenvalue weighted by atomic mass is 79.9. The molecule has 0 heterocycles. The summed E-state index contributed by atoms with van der Waals surface area (Å²) in [6.45, 7) is 3.20. The van der Waals surface area contributed by atoms with E-state index in [1.165, 1.54) is 31.7 Å². The van der Waals surface area contributed by atoms with Gasteiger partial charge in [-0.25, -0.2) is 4.39 Å². The lowest BCUT2D eigenvalue weighted by Crippen LogP contribution is -2.20. The molecule has 1 aromatic rings. The highest BCUT2D eigenvalue weighted by molar-refractivity contribution is 9.10. The van der Waals surface area contributed by atoms with Crippen LogP contribution in [0.3, 0.4) is 0 Å². The van der Waals surface area contributed by atoms with Crippen molar-refractivity contribution in [2.24, 2.45) is 11.8 Å². The van der Waals surface area contributed by atoms with Gasteiger partial charge in [0.2, 0.25) is 0 Å². The highest BCUT2D eigenvalue weighted by Gasteiger charge is 2.18. The number of anilines is 1. The molecule has 0 aliphatic heterocycles. The van der Waals surface area contributed by atoms with E-state index in [1.54, 1.807) is 6.07 Å². The maximum atomic E-state index is 13.6. The number of hydrogen-bond acceptors (Lipinski definition) is 1. The number of halogens is 2. The number of nitrogens with one attached hydrogen (secondary N) is 1. The second-order valence-electron chi connectivity index (χ2n) is 5.10. The Morgan fingerprint density at radius 1 is 1.29 bits per heavy atom.